The fourth-order valence-electron chi connectivity index (χ4n) is 4.32. The molecule has 0 bridgehead atoms. The molecule has 1 aliphatic carbocycles. The Balaban J connectivity index is 1.98. The first kappa shape index (κ1) is 13.4. The van der Waals surface area contributed by atoms with Gasteiger partial charge in [-0.25, -0.2) is 0 Å². The smallest absolute Gasteiger partial charge is 0.127 e. The Bertz CT molecular complexity index is 577. The normalized spacial score (nSPS) is 29.4. The van der Waals surface area contributed by atoms with Crippen LogP contribution in [0.15, 0.2) is 0 Å². The first-order valence-corrected chi connectivity index (χ1v) is 8.21. The molecule has 0 spiro atoms. The third-order valence-electron chi connectivity index (χ3n) is 5.65. The van der Waals surface area contributed by atoms with Crippen LogP contribution in [0.1, 0.15) is 55.9 Å². The second-order valence-electron chi connectivity index (χ2n) is 7.33. The molecule has 2 N–H and O–H groups in total. The fourth-order valence-corrected chi connectivity index (χ4v) is 4.32. The zero-order chi connectivity index (χ0) is 14.9. The van der Waals surface area contributed by atoms with Gasteiger partial charge in [-0.3, -0.25) is 0 Å². The minimum Gasteiger partial charge on any atom is -0.490 e. The molecular formula is C18H25NO2. The van der Waals surface area contributed by atoms with Crippen molar-refractivity contribution in [2.75, 3.05) is 0 Å². The van der Waals surface area contributed by atoms with Gasteiger partial charge in [0.1, 0.15) is 23.7 Å². The molecule has 2 heterocycles. The Kier molecular flexibility index (Phi) is 2.66. The molecule has 2 aliphatic heterocycles. The summed E-state index contributed by atoms with van der Waals surface area (Å²) in [5.41, 5.74) is 11.9. The topological polar surface area (TPSA) is 44.5 Å². The summed E-state index contributed by atoms with van der Waals surface area (Å²) in [5, 5.41) is 0. The second kappa shape index (κ2) is 4.16. The van der Waals surface area contributed by atoms with Crippen LogP contribution in [0.2, 0.25) is 0 Å². The number of ether oxygens (including phenoxy) is 2. The highest BCUT2D eigenvalue weighted by atomic mass is 16.5. The maximum Gasteiger partial charge on any atom is 0.127 e. The van der Waals surface area contributed by atoms with Crippen LogP contribution in [0.3, 0.4) is 0 Å². The van der Waals surface area contributed by atoms with Gasteiger partial charge in [-0.1, -0.05) is 0 Å². The van der Waals surface area contributed by atoms with Gasteiger partial charge in [0.2, 0.25) is 0 Å². The van der Waals surface area contributed by atoms with Gasteiger partial charge < -0.3 is 15.2 Å². The monoisotopic (exact) mass is 287 g/mol. The average molecular weight is 287 g/mol. The summed E-state index contributed by atoms with van der Waals surface area (Å²) in [5.74, 6) is 2.27. The van der Waals surface area contributed by atoms with Crippen LogP contribution in [0, 0.1) is 6.92 Å². The van der Waals surface area contributed by atoms with Gasteiger partial charge in [-0.2, -0.15) is 0 Å². The molecule has 1 aromatic carbocycles. The highest BCUT2D eigenvalue weighted by Gasteiger charge is 2.53. The SMILES string of the molecule is Cc1c2c(c(C3(C(C)N)CC3)c3c1OC(C)C3)OC(C)C2. The largest absolute Gasteiger partial charge is 0.490 e. The number of benzene rings is 1. The highest BCUT2D eigenvalue weighted by molar-refractivity contribution is 5.65. The molecule has 4 rings (SSSR count). The average Bonchev–Trinajstić information content (AvgIpc) is 2.98. The van der Waals surface area contributed by atoms with E-state index in [1.807, 2.05) is 0 Å². The van der Waals surface area contributed by atoms with Crippen molar-refractivity contribution >= 4 is 0 Å². The molecule has 1 aromatic rings. The molecule has 3 unspecified atom stereocenters. The van der Waals surface area contributed by atoms with E-state index in [9.17, 15) is 0 Å². The molecule has 3 atom stereocenters. The van der Waals surface area contributed by atoms with E-state index in [1.54, 1.807) is 0 Å². The lowest BCUT2D eigenvalue weighted by Crippen LogP contribution is -2.33. The van der Waals surface area contributed by atoms with Crippen molar-refractivity contribution in [2.45, 2.75) is 77.0 Å². The zero-order valence-electron chi connectivity index (χ0n) is 13.5. The van der Waals surface area contributed by atoms with Gasteiger partial charge in [0.05, 0.1) is 0 Å². The summed E-state index contributed by atoms with van der Waals surface area (Å²) in [6.07, 6.45) is 4.87. The van der Waals surface area contributed by atoms with Gasteiger partial charge in [-0.15, -0.1) is 0 Å². The number of hydrogen-bond acceptors (Lipinski definition) is 3. The number of nitrogens with two attached hydrogens (primary N) is 1. The molecule has 1 saturated carbocycles. The van der Waals surface area contributed by atoms with E-state index in [4.69, 9.17) is 15.2 Å². The Labute approximate surface area is 126 Å². The van der Waals surface area contributed by atoms with Crippen LogP contribution < -0.4 is 15.2 Å². The van der Waals surface area contributed by atoms with Gasteiger partial charge in [-0.05, 0) is 46.1 Å². The van der Waals surface area contributed by atoms with Crippen LogP contribution in [-0.2, 0) is 18.3 Å². The number of rotatable bonds is 2. The van der Waals surface area contributed by atoms with E-state index >= 15 is 0 Å². The van der Waals surface area contributed by atoms with Crippen LogP contribution in [0.4, 0.5) is 0 Å². The summed E-state index contributed by atoms with van der Waals surface area (Å²) >= 11 is 0. The predicted molar refractivity (Wildman–Crippen MR) is 83.3 cm³/mol. The Morgan fingerprint density at radius 1 is 1.05 bits per heavy atom. The predicted octanol–water partition coefficient (Wildman–Crippen LogP) is 3.02. The van der Waals surface area contributed by atoms with E-state index in [0.29, 0.717) is 0 Å². The lowest BCUT2D eigenvalue weighted by molar-refractivity contribution is 0.249. The quantitative estimate of drug-likeness (QED) is 0.909. The van der Waals surface area contributed by atoms with E-state index in [0.717, 1.165) is 24.3 Å². The van der Waals surface area contributed by atoms with Crippen molar-refractivity contribution in [3.8, 4) is 11.5 Å². The highest BCUT2D eigenvalue weighted by Crippen LogP contribution is 2.59. The van der Waals surface area contributed by atoms with Crippen LogP contribution in [-0.4, -0.2) is 18.2 Å². The third kappa shape index (κ3) is 1.70. The van der Waals surface area contributed by atoms with Gasteiger partial charge in [0.15, 0.2) is 0 Å². The summed E-state index contributed by atoms with van der Waals surface area (Å²) in [4.78, 5) is 0. The number of fused-ring (bicyclic) bond motifs is 2. The molecular weight excluding hydrogens is 262 g/mol. The Morgan fingerprint density at radius 2 is 1.62 bits per heavy atom. The molecule has 0 saturated heterocycles. The van der Waals surface area contributed by atoms with Crippen molar-refractivity contribution in [3.63, 3.8) is 0 Å². The minimum atomic E-state index is 0.124. The van der Waals surface area contributed by atoms with Crippen LogP contribution in [0.5, 0.6) is 11.5 Å². The van der Waals surface area contributed by atoms with E-state index < -0.39 is 0 Å². The lowest BCUT2D eigenvalue weighted by Gasteiger charge is -2.26. The first-order valence-electron chi connectivity index (χ1n) is 8.21. The zero-order valence-corrected chi connectivity index (χ0v) is 13.5. The van der Waals surface area contributed by atoms with E-state index in [-0.39, 0.29) is 23.7 Å². The summed E-state index contributed by atoms with van der Waals surface area (Å²) in [6, 6.07) is 0.170. The Hall–Kier alpha value is -1.22. The maximum atomic E-state index is 6.36. The summed E-state index contributed by atoms with van der Waals surface area (Å²) < 4.78 is 12.4. The fraction of sp³-hybridized carbons (Fsp3) is 0.667. The van der Waals surface area contributed by atoms with Gasteiger partial charge in [0, 0.05) is 41.0 Å². The van der Waals surface area contributed by atoms with Crippen molar-refractivity contribution < 1.29 is 9.47 Å². The van der Waals surface area contributed by atoms with Crippen molar-refractivity contribution in [1.82, 2.24) is 0 Å². The molecule has 1 fully saturated rings. The summed E-state index contributed by atoms with van der Waals surface area (Å²) in [6.45, 7) is 8.64. The molecule has 0 radical (unpaired) electrons. The lowest BCUT2D eigenvalue weighted by atomic mass is 9.81. The van der Waals surface area contributed by atoms with E-state index in [1.165, 1.54) is 35.1 Å². The maximum absolute atomic E-state index is 6.36. The second-order valence-corrected chi connectivity index (χ2v) is 7.33. The molecule has 3 aliphatic rings. The van der Waals surface area contributed by atoms with Crippen molar-refractivity contribution in [1.29, 1.82) is 0 Å². The standard InChI is InChI=1S/C18H25NO2/c1-9-7-13-11(3)16-14(8-10(2)20-16)15(17(13)21-9)18(5-6-18)12(4)19/h9-10,12H,5-8,19H2,1-4H3. The van der Waals surface area contributed by atoms with Gasteiger partial charge in [0.25, 0.3) is 0 Å². The van der Waals surface area contributed by atoms with Crippen LogP contribution in [0.25, 0.3) is 0 Å². The first-order chi connectivity index (χ1) is 9.94. The third-order valence-corrected chi connectivity index (χ3v) is 5.65. The molecule has 21 heavy (non-hydrogen) atoms. The molecule has 114 valence electrons. The molecule has 3 heteroatoms. The molecule has 3 nitrogen and oxygen atoms in total. The molecule has 0 amide bonds. The van der Waals surface area contributed by atoms with Crippen LogP contribution >= 0.6 is 0 Å². The Morgan fingerprint density at radius 3 is 2.19 bits per heavy atom. The van der Waals surface area contributed by atoms with Gasteiger partial charge >= 0.3 is 0 Å². The van der Waals surface area contributed by atoms with Crippen molar-refractivity contribution in [2.24, 2.45) is 5.73 Å². The summed E-state index contributed by atoms with van der Waals surface area (Å²) in [7, 11) is 0. The van der Waals surface area contributed by atoms with Crippen molar-refractivity contribution in [3.05, 3.63) is 22.3 Å². The number of hydrogen-bond donors (Lipinski definition) is 1. The minimum absolute atomic E-state index is 0.124. The van der Waals surface area contributed by atoms with E-state index in [2.05, 4.69) is 27.7 Å². The molecule has 0 aromatic heterocycles.